The maximum absolute atomic E-state index is 12.0. The lowest BCUT2D eigenvalue weighted by Crippen LogP contribution is -2.49. The zero-order valence-electron chi connectivity index (χ0n) is 9.82. The topological polar surface area (TPSA) is 86.6 Å². The molecule has 0 spiro atoms. The summed E-state index contributed by atoms with van der Waals surface area (Å²) in [4.78, 5) is 33.7. The number of rotatable bonds is 3. The molecule has 1 aromatic heterocycles. The Morgan fingerprint density at radius 1 is 1.17 bits per heavy atom. The van der Waals surface area contributed by atoms with Gasteiger partial charge in [0.05, 0.1) is 12.1 Å². The van der Waals surface area contributed by atoms with Crippen molar-refractivity contribution < 1.29 is 14.7 Å². The van der Waals surface area contributed by atoms with Crippen LogP contribution in [0.4, 0.5) is 0 Å². The highest BCUT2D eigenvalue weighted by molar-refractivity contribution is 5.93. The molecule has 2 heterocycles. The van der Waals surface area contributed by atoms with E-state index < -0.39 is 5.97 Å². The van der Waals surface area contributed by atoms with Crippen molar-refractivity contribution in [3.8, 4) is 0 Å². The summed E-state index contributed by atoms with van der Waals surface area (Å²) in [6.07, 6.45) is 4.35. The average molecular weight is 250 g/mol. The van der Waals surface area contributed by atoms with Crippen LogP contribution in [0, 0.1) is 0 Å². The number of piperazine rings is 1. The molecule has 18 heavy (non-hydrogen) atoms. The SMILES string of the molecule is O=C(O)CN1CCN(C(=O)c2cncnc2)CC1. The minimum absolute atomic E-state index is 0.0243. The van der Waals surface area contributed by atoms with Crippen LogP contribution in [-0.2, 0) is 4.79 Å². The molecule has 96 valence electrons. The third-order valence-electron chi connectivity index (χ3n) is 2.83. The number of amides is 1. The van der Waals surface area contributed by atoms with E-state index in [9.17, 15) is 9.59 Å². The highest BCUT2D eigenvalue weighted by atomic mass is 16.4. The first-order chi connectivity index (χ1) is 8.66. The molecule has 1 aromatic rings. The first-order valence-electron chi connectivity index (χ1n) is 5.65. The molecule has 2 rings (SSSR count). The summed E-state index contributed by atoms with van der Waals surface area (Å²) in [5.74, 6) is -0.947. The number of hydrogen-bond donors (Lipinski definition) is 1. The third-order valence-corrected chi connectivity index (χ3v) is 2.83. The number of aromatic nitrogens is 2. The van der Waals surface area contributed by atoms with Crippen molar-refractivity contribution in [2.45, 2.75) is 0 Å². The lowest BCUT2D eigenvalue weighted by Gasteiger charge is -2.33. The predicted molar refractivity (Wildman–Crippen MR) is 62.0 cm³/mol. The summed E-state index contributed by atoms with van der Waals surface area (Å²) < 4.78 is 0. The summed E-state index contributed by atoms with van der Waals surface area (Å²) in [6.45, 7) is 2.23. The Morgan fingerprint density at radius 3 is 2.33 bits per heavy atom. The Morgan fingerprint density at radius 2 is 1.78 bits per heavy atom. The van der Waals surface area contributed by atoms with Crippen LogP contribution in [0.1, 0.15) is 10.4 Å². The van der Waals surface area contributed by atoms with Gasteiger partial charge in [0.15, 0.2) is 0 Å². The Bertz CT molecular complexity index is 429. The van der Waals surface area contributed by atoms with Crippen LogP contribution >= 0.6 is 0 Å². The van der Waals surface area contributed by atoms with Gasteiger partial charge in [0.1, 0.15) is 6.33 Å². The van der Waals surface area contributed by atoms with Crippen LogP contribution in [0.5, 0.6) is 0 Å². The first-order valence-corrected chi connectivity index (χ1v) is 5.65. The van der Waals surface area contributed by atoms with E-state index in [4.69, 9.17) is 5.11 Å². The van der Waals surface area contributed by atoms with Crippen molar-refractivity contribution >= 4 is 11.9 Å². The van der Waals surface area contributed by atoms with E-state index in [0.717, 1.165) is 0 Å². The molecule has 1 amide bonds. The van der Waals surface area contributed by atoms with Gasteiger partial charge in [-0.05, 0) is 0 Å². The smallest absolute Gasteiger partial charge is 0.317 e. The zero-order valence-corrected chi connectivity index (χ0v) is 9.82. The monoisotopic (exact) mass is 250 g/mol. The standard InChI is InChI=1S/C11H14N4O3/c16-10(17)7-14-1-3-15(4-2-14)11(18)9-5-12-8-13-6-9/h5-6,8H,1-4,7H2,(H,16,17). The number of carboxylic acid groups (broad SMARTS) is 1. The predicted octanol–water partition coefficient (Wildman–Crippen LogP) is -0.681. The summed E-state index contributed by atoms with van der Waals surface area (Å²) in [6, 6.07) is 0. The van der Waals surface area contributed by atoms with Crippen LogP contribution in [0.2, 0.25) is 0 Å². The van der Waals surface area contributed by atoms with E-state index in [1.54, 1.807) is 4.90 Å². The fourth-order valence-corrected chi connectivity index (χ4v) is 1.89. The number of carbonyl (C=O) groups is 2. The molecule has 1 N–H and O–H groups in total. The van der Waals surface area contributed by atoms with E-state index in [1.807, 2.05) is 4.90 Å². The molecule has 1 fully saturated rings. The van der Waals surface area contributed by atoms with Gasteiger partial charge in [-0.25, -0.2) is 9.97 Å². The lowest BCUT2D eigenvalue weighted by molar-refractivity contribution is -0.138. The summed E-state index contributed by atoms with van der Waals surface area (Å²) in [5, 5.41) is 8.68. The minimum atomic E-state index is -0.841. The van der Waals surface area contributed by atoms with Crippen LogP contribution in [0.3, 0.4) is 0 Å². The molecule has 1 saturated heterocycles. The first kappa shape index (κ1) is 12.4. The van der Waals surface area contributed by atoms with Crippen molar-refractivity contribution in [1.82, 2.24) is 19.8 Å². The van der Waals surface area contributed by atoms with Gasteiger partial charge >= 0.3 is 5.97 Å². The number of nitrogens with zero attached hydrogens (tertiary/aromatic N) is 4. The van der Waals surface area contributed by atoms with E-state index in [2.05, 4.69) is 9.97 Å². The molecular formula is C11H14N4O3. The fourth-order valence-electron chi connectivity index (χ4n) is 1.89. The second-order valence-electron chi connectivity index (χ2n) is 4.09. The summed E-state index contributed by atoms with van der Waals surface area (Å²) >= 11 is 0. The Kier molecular flexibility index (Phi) is 3.83. The van der Waals surface area contributed by atoms with Crippen LogP contribution in [0.15, 0.2) is 18.7 Å². The van der Waals surface area contributed by atoms with Gasteiger partial charge in [-0.1, -0.05) is 0 Å². The number of aliphatic carboxylic acids is 1. The van der Waals surface area contributed by atoms with E-state index in [1.165, 1.54) is 18.7 Å². The largest absolute Gasteiger partial charge is 0.480 e. The van der Waals surface area contributed by atoms with Gasteiger partial charge in [0, 0.05) is 38.6 Å². The molecule has 0 aromatic carbocycles. The van der Waals surface area contributed by atoms with Crippen LogP contribution < -0.4 is 0 Å². The molecule has 0 aliphatic carbocycles. The number of hydrogen-bond acceptors (Lipinski definition) is 5. The van der Waals surface area contributed by atoms with Crippen molar-refractivity contribution in [2.75, 3.05) is 32.7 Å². The summed E-state index contributed by atoms with van der Waals surface area (Å²) in [7, 11) is 0. The van der Waals surface area contributed by atoms with Gasteiger partial charge in [-0.3, -0.25) is 14.5 Å². The Balaban J connectivity index is 1.90. The molecule has 0 radical (unpaired) electrons. The third kappa shape index (κ3) is 3.01. The van der Waals surface area contributed by atoms with E-state index in [0.29, 0.717) is 31.7 Å². The quantitative estimate of drug-likeness (QED) is 0.764. The van der Waals surface area contributed by atoms with Gasteiger partial charge in [-0.2, -0.15) is 0 Å². The normalized spacial score (nSPS) is 16.6. The second kappa shape index (κ2) is 5.54. The highest BCUT2D eigenvalue weighted by Crippen LogP contribution is 2.06. The molecule has 0 bridgehead atoms. The fraction of sp³-hybridized carbons (Fsp3) is 0.455. The van der Waals surface area contributed by atoms with Gasteiger partial charge in [-0.15, -0.1) is 0 Å². The molecule has 1 aliphatic heterocycles. The van der Waals surface area contributed by atoms with Crippen LogP contribution in [-0.4, -0.2) is 69.5 Å². The van der Waals surface area contributed by atoms with E-state index >= 15 is 0 Å². The van der Waals surface area contributed by atoms with Crippen molar-refractivity contribution in [2.24, 2.45) is 0 Å². The van der Waals surface area contributed by atoms with Gasteiger partial charge in [0.25, 0.3) is 5.91 Å². The second-order valence-corrected chi connectivity index (χ2v) is 4.09. The summed E-state index contributed by atoms with van der Waals surface area (Å²) in [5.41, 5.74) is 0.462. The molecule has 0 saturated carbocycles. The van der Waals surface area contributed by atoms with Gasteiger partial charge < -0.3 is 10.0 Å². The average Bonchev–Trinajstić information content (AvgIpc) is 2.39. The minimum Gasteiger partial charge on any atom is -0.480 e. The molecule has 7 heteroatoms. The Hall–Kier alpha value is -2.02. The van der Waals surface area contributed by atoms with Crippen molar-refractivity contribution in [3.05, 3.63) is 24.3 Å². The maximum Gasteiger partial charge on any atom is 0.317 e. The molecule has 0 atom stereocenters. The molecule has 0 unspecified atom stereocenters. The maximum atomic E-state index is 12.0. The molecule has 7 nitrogen and oxygen atoms in total. The lowest BCUT2D eigenvalue weighted by atomic mass is 10.2. The zero-order chi connectivity index (χ0) is 13.0. The molecule has 1 aliphatic rings. The van der Waals surface area contributed by atoms with Crippen LogP contribution in [0.25, 0.3) is 0 Å². The van der Waals surface area contributed by atoms with Crippen molar-refractivity contribution in [1.29, 1.82) is 0 Å². The van der Waals surface area contributed by atoms with E-state index in [-0.39, 0.29) is 12.5 Å². The number of carboxylic acids is 1. The number of carbonyl (C=O) groups excluding carboxylic acids is 1. The Labute approximate surface area is 104 Å². The highest BCUT2D eigenvalue weighted by Gasteiger charge is 2.23. The molecular weight excluding hydrogens is 236 g/mol. The van der Waals surface area contributed by atoms with Crippen molar-refractivity contribution in [3.63, 3.8) is 0 Å². The van der Waals surface area contributed by atoms with Gasteiger partial charge in [0.2, 0.25) is 0 Å².